The number of rotatable bonds is 6. The van der Waals surface area contributed by atoms with E-state index < -0.39 is 0 Å². The van der Waals surface area contributed by atoms with Crippen molar-refractivity contribution < 1.29 is 0 Å². The SMILES string of the molecule is CCC(C)(CC)c1cnc(-c2ccc(CC(C)C)cc2)cc1C. The second-order valence-electron chi connectivity index (χ2n) is 7.45. The fourth-order valence-corrected chi connectivity index (χ4v) is 3.26. The van der Waals surface area contributed by atoms with Gasteiger partial charge in [-0.25, -0.2) is 0 Å². The van der Waals surface area contributed by atoms with Gasteiger partial charge in [-0.3, -0.25) is 4.98 Å². The molecule has 0 aliphatic heterocycles. The van der Waals surface area contributed by atoms with Crippen molar-refractivity contribution in [3.05, 3.63) is 53.2 Å². The maximum absolute atomic E-state index is 4.76. The Balaban J connectivity index is 2.30. The van der Waals surface area contributed by atoms with Crippen molar-refractivity contribution >= 4 is 0 Å². The molecule has 1 nitrogen and oxygen atoms in total. The van der Waals surface area contributed by atoms with E-state index in [0.717, 1.165) is 25.0 Å². The Morgan fingerprint density at radius 1 is 1.04 bits per heavy atom. The van der Waals surface area contributed by atoms with Crippen LogP contribution in [0.4, 0.5) is 0 Å². The minimum atomic E-state index is 0.233. The average Bonchev–Trinajstić information content (AvgIpc) is 2.54. The largest absolute Gasteiger partial charge is 0.256 e. The first-order valence-electron chi connectivity index (χ1n) is 8.96. The molecule has 23 heavy (non-hydrogen) atoms. The van der Waals surface area contributed by atoms with Gasteiger partial charge in [0.05, 0.1) is 5.69 Å². The molecule has 0 amide bonds. The van der Waals surface area contributed by atoms with Crippen LogP contribution < -0.4 is 0 Å². The highest BCUT2D eigenvalue weighted by molar-refractivity contribution is 5.61. The lowest BCUT2D eigenvalue weighted by molar-refractivity contribution is 0.435. The van der Waals surface area contributed by atoms with Crippen molar-refractivity contribution in [3.63, 3.8) is 0 Å². The van der Waals surface area contributed by atoms with Crippen LogP contribution in [0.25, 0.3) is 11.3 Å². The molecule has 1 aromatic carbocycles. The summed E-state index contributed by atoms with van der Waals surface area (Å²) >= 11 is 0. The van der Waals surface area contributed by atoms with Crippen LogP contribution in [0.1, 0.15) is 64.2 Å². The van der Waals surface area contributed by atoms with Crippen LogP contribution in [-0.4, -0.2) is 4.98 Å². The van der Waals surface area contributed by atoms with E-state index in [1.165, 1.54) is 22.3 Å². The smallest absolute Gasteiger partial charge is 0.0704 e. The van der Waals surface area contributed by atoms with Gasteiger partial charge in [-0.2, -0.15) is 0 Å². The topological polar surface area (TPSA) is 12.9 Å². The van der Waals surface area contributed by atoms with Crippen LogP contribution in [0.5, 0.6) is 0 Å². The van der Waals surface area contributed by atoms with Gasteiger partial charge in [0.2, 0.25) is 0 Å². The average molecular weight is 309 g/mol. The maximum Gasteiger partial charge on any atom is 0.0704 e. The highest BCUT2D eigenvalue weighted by Gasteiger charge is 2.24. The van der Waals surface area contributed by atoms with E-state index in [-0.39, 0.29) is 5.41 Å². The van der Waals surface area contributed by atoms with Crippen LogP contribution in [0.15, 0.2) is 36.5 Å². The second-order valence-corrected chi connectivity index (χ2v) is 7.45. The van der Waals surface area contributed by atoms with E-state index in [4.69, 9.17) is 4.98 Å². The molecule has 0 unspecified atom stereocenters. The zero-order chi connectivity index (χ0) is 17.0. The molecule has 0 N–H and O–H groups in total. The lowest BCUT2D eigenvalue weighted by Gasteiger charge is -2.29. The first kappa shape index (κ1) is 17.7. The van der Waals surface area contributed by atoms with Crippen molar-refractivity contribution in [1.29, 1.82) is 0 Å². The Bertz CT molecular complexity index is 634. The summed E-state index contributed by atoms with van der Waals surface area (Å²) in [4.78, 5) is 4.76. The molecule has 0 atom stereocenters. The molecule has 0 bridgehead atoms. The van der Waals surface area contributed by atoms with Gasteiger partial charge in [0.15, 0.2) is 0 Å². The van der Waals surface area contributed by atoms with Crippen molar-refractivity contribution in [1.82, 2.24) is 4.98 Å². The summed E-state index contributed by atoms with van der Waals surface area (Å²) in [6.45, 7) is 13.6. The molecule has 1 heteroatoms. The fraction of sp³-hybridized carbons (Fsp3) is 0.500. The van der Waals surface area contributed by atoms with Crippen molar-refractivity contribution in [2.75, 3.05) is 0 Å². The standard InChI is InChI=1S/C22H31N/c1-7-22(6,8-2)20-15-23-21(14-17(20)5)19-11-9-18(10-12-19)13-16(3)4/h9-12,14-16H,7-8,13H2,1-6H3. The van der Waals surface area contributed by atoms with Gasteiger partial charge >= 0.3 is 0 Å². The van der Waals surface area contributed by atoms with E-state index >= 15 is 0 Å². The van der Waals surface area contributed by atoms with Gasteiger partial charge in [-0.05, 0) is 60.3 Å². The van der Waals surface area contributed by atoms with Crippen molar-refractivity contribution in [2.24, 2.45) is 5.92 Å². The van der Waals surface area contributed by atoms with Gasteiger partial charge in [0, 0.05) is 11.8 Å². The predicted molar refractivity (Wildman–Crippen MR) is 101 cm³/mol. The van der Waals surface area contributed by atoms with Gasteiger partial charge in [-0.1, -0.05) is 58.9 Å². The molecule has 124 valence electrons. The minimum Gasteiger partial charge on any atom is -0.256 e. The summed E-state index contributed by atoms with van der Waals surface area (Å²) in [6, 6.07) is 11.1. The molecule has 2 aromatic rings. The molecular formula is C22H31N. The molecule has 1 heterocycles. The van der Waals surface area contributed by atoms with E-state index in [1.54, 1.807) is 0 Å². The number of aromatic nitrogens is 1. The number of hydrogen-bond acceptors (Lipinski definition) is 1. The highest BCUT2D eigenvalue weighted by Crippen LogP contribution is 2.34. The van der Waals surface area contributed by atoms with Crippen LogP contribution >= 0.6 is 0 Å². The first-order chi connectivity index (χ1) is 10.9. The zero-order valence-corrected chi connectivity index (χ0v) is 15.6. The Morgan fingerprint density at radius 3 is 2.13 bits per heavy atom. The molecule has 0 aliphatic carbocycles. The number of pyridine rings is 1. The zero-order valence-electron chi connectivity index (χ0n) is 15.6. The van der Waals surface area contributed by atoms with Crippen molar-refractivity contribution in [3.8, 4) is 11.3 Å². The summed E-state index contributed by atoms with van der Waals surface area (Å²) in [5.74, 6) is 0.696. The highest BCUT2D eigenvalue weighted by atomic mass is 14.7. The van der Waals surface area contributed by atoms with E-state index in [2.05, 4.69) is 78.1 Å². The van der Waals surface area contributed by atoms with Gasteiger partial charge in [0.1, 0.15) is 0 Å². The lowest BCUT2D eigenvalue weighted by atomic mass is 9.76. The Morgan fingerprint density at radius 2 is 1.65 bits per heavy atom. The van der Waals surface area contributed by atoms with Crippen molar-refractivity contribution in [2.45, 2.75) is 66.2 Å². The molecule has 0 spiro atoms. The Hall–Kier alpha value is -1.63. The van der Waals surface area contributed by atoms with Crippen LogP contribution in [0.2, 0.25) is 0 Å². The van der Waals surface area contributed by atoms with E-state index in [1.807, 2.05) is 0 Å². The summed E-state index contributed by atoms with van der Waals surface area (Å²) in [5.41, 5.74) is 6.67. The molecule has 2 rings (SSSR count). The maximum atomic E-state index is 4.76. The van der Waals surface area contributed by atoms with E-state index in [9.17, 15) is 0 Å². The third-order valence-corrected chi connectivity index (χ3v) is 5.22. The third-order valence-electron chi connectivity index (χ3n) is 5.22. The third kappa shape index (κ3) is 4.02. The Kier molecular flexibility index (Phi) is 5.62. The molecule has 1 aromatic heterocycles. The predicted octanol–water partition coefficient (Wildman–Crippen LogP) is 6.33. The normalized spacial score (nSPS) is 12.0. The fourth-order valence-electron chi connectivity index (χ4n) is 3.26. The monoisotopic (exact) mass is 309 g/mol. The quantitative estimate of drug-likeness (QED) is 0.607. The first-order valence-corrected chi connectivity index (χ1v) is 8.96. The van der Waals surface area contributed by atoms with E-state index in [0.29, 0.717) is 5.92 Å². The second kappa shape index (κ2) is 7.29. The summed E-state index contributed by atoms with van der Waals surface area (Å²) in [5, 5.41) is 0. The number of benzene rings is 1. The molecular weight excluding hydrogens is 278 g/mol. The molecule has 0 saturated carbocycles. The molecule has 0 fully saturated rings. The molecule has 0 aliphatic rings. The van der Waals surface area contributed by atoms with Crippen LogP contribution in [0, 0.1) is 12.8 Å². The lowest BCUT2D eigenvalue weighted by Crippen LogP contribution is -2.21. The number of aryl methyl sites for hydroxylation is 1. The molecule has 0 saturated heterocycles. The van der Waals surface area contributed by atoms with Gasteiger partial charge in [0.25, 0.3) is 0 Å². The van der Waals surface area contributed by atoms with Crippen LogP contribution in [-0.2, 0) is 11.8 Å². The number of nitrogens with zero attached hydrogens (tertiary/aromatic N) is 1. The minimum absolute atomic E-state index is 0.233. The molecule has 0 radical (unpaired) electrons. The van der Waals surface area contributed by atoms with Gasteiger partial charge in [-0.15, -0.1) is 0 Å². The van der Waals surface area contributed by atoms with Crippen LogP contribution in [0.3, 0.4) is 0 Å². The summed E-state index contributed by atoms with van der Waals surface area (Å²) in [7, 11) is 0. The number of hydrogen-bond donors (Lipinski definition) is 0. The summed E-state index contributed by atoms with van der Waals surface area (Å²) in [6.07, 6.45) is 5.53. The summed E-state index contributed by atoms with van der Waals surface area (Å²) < 4.78 is 0. The van der Waals surface area contributed by atoms with Gasteiger partial charge < -0.3 is 0 Å². The Labute approximate surface area is 142 Å².